The first-order chi connectivity index (χ1) is 7.20. The normalized spacial score (nSPS) is 11.3. The summed E-state index contributed by atoms with van der Waals surface area (Å²) in [6.07, 6.45) is 0. The SMILES string of the molecule is CC(C)(C)OC(=O)c1cc(F)c(O)c(F)c1. The molecule has 0 bridgehead atoms. The van der Waals surface area contributed by atoms with Crippen LogP contribution in [0.1, 0.15) is 31.1 Å². The second-order valence-corrected chi connectivity index (χ2v) is 4.29. The van der Waals surface area contributed by atoms with Crippen molar-refractivity contribution in [2.24, 2.45) is 0 Å². The molecule has 0 heterocycles. The molecule has 1 aromatic carbocycles. The van der Waals surface area contributed by atoms with Crippen LogP contribution in [0.5, 0.6) is 5.75 Å². The van der Waals surface area contributed by atoms with Crippen molar-refractivity contribution in [3.8, 4) is 5.75 Å². The zero-order chi connectivity index (χ0) is 12.5. The molecule has 0 unspecified atom stereocenters. The van der Waals surface area contributed by atoms with Crippen molar-refractivity contribution in [3.63, 3.8) is 0 Å². The standard InChI is InChI=1S/C11H12F2O3/c1-11(2,3)16-10(15)6-4-7(12)9(14)8(13)5-6/h4-5,14H,1-3H3. The van der Waals surface area contributed by atoms with Crippen molar-refractivity contribution in [1.82, 2.24) is 0 Å². The molecule has 3 nitrogen and oxygen atoms in total. The lowest BCUT2D eigenvalue weighted by Crippen LogP contribution is -2.24. The molecule has 16 heavy (non-hydrogen) atoms. The van der Waals surface area contributed by atoms with Crippen molar-refractivity contribution in [3.05, 3.63) is 29.3 Å². The summed E-state index contributed by atoms with van der Waals surface area (Å²) in [7, 11) is 0. The summed E-state index contributed by atoms with van der Waals surface area (Å²) in [6.45, 7) is 4.91. The maximum Gasteiger partial charge on any atom is 0.338 e. The molecule has 0 fully saturated rings. The number of aromatic hydroxyl groups is 1. The number of carbonyl (C=O) groups excluding carboxylic acids is 1. The number of hydrogen-bond donors (Lipinski definition) is 1. The largest absolute Gasteiger partial charge is 0.503 e. The van der Waals surface area contributed by atoms with Gasteiger partial charge in [0.15, 0.2) is 17.4 Å². The van der Waals surface area contributed by atoms with Crippen LogP contribution in [0.4, 0.5) is 8.78 Å². The molecule has 1 rings (SSSR count). The third kappa shape index (κ3) is 2.92. The molecule has 0 radical (unpaired) electrons. The first-order valence-corrected chi connectivity index (χ1v) is 4.62. The Kier molecular flexibility index (Phi) is 3.16. The maximum absolute atomic E-state index is 12.9. The van der Waals surface area contributed by atoms with Crippen molar-refractivity contribution < 1.29 is 23.4 Å². The van der Waals surface area contributed by atoms with Gasteiger partial charge >= 0.3 is 5.97 Å². The second-order valence-electron chi connectivity index (χ2n) is 4.29. The Hall–Kier alpha value is -1.65. The fraction of sp³-hybridized carbons (Fsp3) is 0.364. The lowest BCUT2D eigenvalue weighted by molar-refractivity contribution is 0.00684. The van der Waals surface area contributed by atoms with Crippen LogP contribution < -0.4 is 0 Å². The Labute approximate surface area is 91.7 Å². The summed E-state index contributed by atoms with van der Waals surface area (Å²) < 4.78 is 30.8. The number of halogens is 2. The van der Waals surface area contributed by atoms with E-state index in [0.29, 0.717) is 0 Å². The molecule has 0 saturated heterocycles. The highest BCUT2D eigenvalue weighted by Crippen LogP contribution is 2.22. The molecular weight excluding hydrogens is 218 g/mol. The van der Waals surface area contributed by atoms with Crippen LogP contribution in [0.2, 0.25) is 0 Å². The maximum atomic E-state index is 12.9. The van der Waals surface area contributed by atoms with E-state index >= 15 is 0 Å². The third-order valence-corrected chi connectivity index (χ3v) is 1.65. The van der Waals surface area contributed by atoms with Crippen LogP contribution in [-0.2, 0) is 4.74 Å². The van der Waals surface area contributed by atoms with Gasteiger partial charge in [0.1, 0.15) is 5.60 Å². The summed E-state index contributed by atoms with van der Waals surface area (Å²) >= 11 is 0. The van der Waals surface area contributed by atoms with Crippen LogP contribution in [0.3, 0.4) is 0 Å². The van der Waals surface area contributed by atoms with E-state index in [2.05, 4.69) is 0 Å². The smallest absolute Gasteiger partial charge is 0.338 e. The minimum absolute atomic E-state index is 0.275. The monoisotopic (exact) mass is 230 g/mol. The Balaban J connectivity index is 3.02. The molecule has 1 aromatic rings. The molecule has 0 spiro atoms. The zero-order valence-corrected chi connectivity index (χ0v) is 9.17. The highest BCUT2D eigenvalue weighted by atomic mass is 19.1. The molecule has 0 aliphatic rings. The molecule has 0 amide bonds. The summed E-state index contributed by atoms with van der Waals surface area (Å²) in [6, 6.07) is 1.46. The van der Waals surface area contributed by atoms with Gasteiger partial charge in [0.05, 0.1) is 5.56 Å². The van der Waals surface area contributed by atoms with Crippen LogP contribution >= 0.6 is 0 Å². The predicted octanol–water partition coefficient (Wildman–Crippen LogP) is 2.63. The Morgan fingerprint density at radius 3 is 2.06 bits per heavy atom. The van der Waals surface area contributed by atoms with Gasteiger partial charge < -0.3 is 9.84 Å². The third-order valence-electron chi connectivity index (χ3n) is 1.65. The molecule has 88 valence electrons. The van der Waals surface area contributed by atoms with Crippen molar-refractivity contribution in [1.29, 1.82) is 0 Å². The van der Waals surface area contributed by atoms with Gasteiger partial charge in [-0.15, -0.1) is 0 Å². The number of phenolic OH excluding ortho intramolecular Hbond substituents is 1. The highest BCUT2D eigenvalue weighted by molar-refractivity contribution is 5.89. The summed E-state index contributed by atoms with van der Waals surface area (Å²) in [5, 5.41) is 8.84. The quantitative estimate of drug-likeness (QED) is 0.754. The minimum atomic E-state index is -1.19. The van der Waals surface area contributed by atoms with E-state index in [1.807, 2.05) is 0 Å². The topological polar surface area (TPSA) is 46.5 Å². The number of hydrogen-bond acceptors (Lipinski definition) is 3. The van der Waals surface area contributed by atoms with E-state index in [0.717, 1.165) is 12.1 Å². The van der Waals surface area contributed by atoms with Crippen LogP contribution in [0.25, 0.3) is 0 Å². The van der Waals surface area contributed by atoms with Crippen molar-refractivity contribution in [2.75, 3.05) is 0 Å². The van der Waals surface area contributed by atoms with Gasteiger partial charge in [-0.3, -0.25) is 0 Å². The van der Waals surface area contributed by atoms with Gasteiger partial charge in [-0.05, 0) is 32.9 Å². The molecule has 5 heteroatoms. The molecule has 0 saturated carbocycles. The van der Waals surface area contributed by atoms with E-state index in [1.54, 1.807) is 20.8 Å². The Morgan fingerprint density at radius 2 is 1.69 bits per heavy atom. The molecule has 0 aliphatic carbocycles. The van der Waals surface area contributed by atoms with E-state index in [1.165, 1.54) is 0 Å². The number of esters is 1. The van der Waals surface area contributed by atoms with Crippen LogP contribution in [0.15, 0.2) is 12.1 Å². The molecule has 0 aliphatic heterocycles. The van der Waals surface area contributed by atoms with Gasteiger partial charge in [-0.25, -0.2) is 13.6 Å². The van der Waals surface area contributed by atoms with Crippen LogP contribution in [0, 0.1) is 11.6 Å². The van der Waals surface area contributed by atoms with Gasteiger partial charge in [0, 0.05) is 0 Å². The predicted molar refractivity (Wildman–Crippen MR) is 53.2 cm³/mol. The number of ether oxygens (including phenoxy) is 1. The van der Waals surface area contributed by atoms with E-state index in [-0.39, 0.29) is 5.56 Å². The average Bonchev–Trinajstić information content (AvgIpc) is 2.10. The highest BCUT2D eigenvalue weighted by Gasteiger charge is 2.20. The summed E-state index contributed by atoms with van der Waals surface area (Å²) in [5.74, 6) is -4.33. The first-order valence-electron chi connectivity index (χ1n) is 4.62. The summed E-state index contributed by atoms with van der Waals surface area (Å²) in [4.78, 5) is 11.4. The second kappa shape index (κ2) is 4.08. The fourth-order valence-corrected chi connectivity index (χ4v) is 1.02. The number of phenols is 1. The summed E-state index contributed by atoms with van der Waals surface area (Å²) in [5.41, 5.74) is -1.02. The number of carbonyl (C=O) groups is 1. The lowest BCUT2D eigenvalue weighted by atomic mass is 10.1. The lowest BCUT2D eigenvalue weighted by Gasteiger charge is -2.19. The molecule has 0 atom stereocenters. The number of benzene rings is 1. The van der Waals surface area contributed by atoms with Crippen LogP contribution in [-0.4, -0.2) is 16.7 Å². The van der Waals surface area contributed by atoms with Gasteiger partial charge in [-0.1, -0.05) is 0 Å². The van der Waals surface area contributed by atoms with Crippen molar-refractivity contribution >= 4 is 5.97 Å². The Bertz CT molecular complexity index is 399. The molecule has 0 aromatic heterocycles. The minimum Gasteiger partial charge on any atom is -0.503 e. The first kappa shape index (κ1) is 12.4. The van der Waals surface area contributed by atoms with E-state index < -0.39 is 29.0 Å². The molecular formula is C11H12F2O3. The average molecular weight is 230 g/mol. The van der Waals surface area contributed by atoms with Crippen molar-refractivity contribution in [2.45, 2.75) is 26.4 Å². The molecule has 1 N–H and O–H groups in total. The van der Waals surface area contributed by atoms with E-state index in [9.17, 15) is 13.6 Å². The fourth-order valence-electron chi connectivity index (χ4n) is 1.02. The number of rotatable bonds is 1. The van der Waals surface area contributed by atoms with Gasteiger partial charge in [0.2, 0.25) is 0 Å². The Morgan fingerprint density at radius 1 is 1.25 bits per heavy atom. The zero-order valence-electron chi connectivity index (χ0n) is 9.17. The van der Waals surface area contributed by atoms with E-state index in [4.69, 9.17) is 9.84 Å². The van der Waals surface area contributed by atoms with Gasteiger partial charge in [-0.2, -0.15) is 0 Å². The van der Waals surface area contributed by atoms with Gasteiger partial charge in [0.25, 0.3) is 0 Å².